The Morgan fingerprint density at radius 1 is 0.667 bits per heavy atom. The highest BCUT2D eigenvalue weighted by atomic mass is 16.7. The molecule has 0 bridgehead atoms. The second-order valence-electron chi connectivity index (χ2n) is 21.9. The Balaban J connectivity index is 0.987. The smallest absolute Gasteiger partial charge is 0.413 e. The molecule has 1 aliphatic carbocycles. The van der Waals surface area contributed by atoms with Crippen LogP contribution in [0.3, 0.4) is 0 Å². The van der Waals surface area contributed by atoms with Gasteiger partial charge in [-0.25, -0.2) is 24.4 Å². The lowest BCUT2D eigenvalue weighted by molar-refractivity contribution is -0.288. The van der Waals surface area contributed by atoms with Gasteiger partial charge < -0.3 is 62.7 Å². The van der Waals surface area contributed by atoms with Gasteiger partial charge in [-0.15, -0.1) is 0 Å². The zero-order valence-electron chi connectivity index (χ0n) is 51.2. The van der Waals surface area contributed by atoms with E-state index in [-0.39, 0.29) is 48.3 Å². The number of hydrogen-bond donors (Lipinski definition) is 3. The SMILES string of the molecule is CCCCc1nc2c(NC(=O)OCc3ccc(O[C@H]4O[C@H](COC(C)=O)[C@@H](OC(C)=O)[C@H](OC(C)=O)[C@@H]4OC(C)=O)c(NC(=O)CCNC(=O)OCC4c5ccccc5-c5ccccc54)c3)nc3cc(C(=O)OC)ccc3c2n1Cc1ccc(CN(C)C)cc1. The third-order valence-corrected chi connectivity index (χ3v) is 14.9. The number of hydrogen-bond acceptors (Lipinski definition) is 20. The number of nitrogens with zero attached hydrogens (tertiary/aromatic N) is 4. The minimum atomic E-state index is -1.71. The van der Waals surface area contributed by atoms with Crippen LogP contribution in [0.15, 0.2) is 109 Å². The Hall–Kier alpha value is -9.94. The van der Waals surface area contributed by atoms with Crippen LogP contribution in [0.2, 0.25) is 0 Å². The summed E-state index contributed by atoms with van der Waals surface area (Å²) in [4.78, 5) is 116. The predicted molar refractivity (Wildman–Crippen MR) is 327 cm³/mol. The Labute approximate surface area is 518 Å². The number of imidazole rings is 1. The minimum Gasteiger partial charge on any atom is -0.465 e. The van der Waals surface area contributed by atoms with E-state index >= 15 is 0 Å². The monoisotopic (exact) mass is 1230 g/mol. The first-order valence-corrected chi connectivity index (χ1v) is 29.3. The van der Waals surface area contributed by atoms with Gasteiger partial charge in [-0.3, -0.25) is 29.3 Å². The highest BCUT2D eigenvalue weighted by molar-refractivity contribution is 6.10. The van der Waals surface area contributed by atoms with E-state index in [9.17, 15) is 38.4 Å². The number of nitrogens with one attached hydrogen (secondary N) is 3. The van der Waals surface area contributed by atoms with Crippen molar-refractivity contribution >= 4 is 81.4 Å². The van der Waals surface area contributed by atoms with Crippen LogP contribution in [0.5, 0.6) is 5.75 Å². The number of unbranched alkanes of at least 4 members (excludes halogenated alkanes) is 1. The fraction of sp³-hybridized carbons (Fsp3) is 0.364. The topological polar surface area (TPSA) is 290 Å². The molecule has 7 aromatic rings. The summed E-state index contributed by atoms with van der Waals surface area (Å²) < 4.78 is 53.3. The molecule has 3 N–H and O–H groups in total. The van der Waals surface area contributed by atoms with Gasteiger partial charge in [0, 0.05) is 71.5 Å². The fourth-order valence-corrected chi connectivity index (χ4v) is 11.0. The highest BCUT2D eigenvalue weighted by Crippen LogP contribution is 2.45. The summed E-state index contributed by atoms with van der Waals surface area (Å²) in [5.41, 5.74) is 8.20. The number of alkyl carbamates (subject to hydrolysis) is 1. The number of pyridine rings is 1. The molecule has 1 aliphatic heterocycles. The first kappa shape index (κ1) is 64.5. The number of fused-ring (bicyclic) bond motifs is 6. The molecule has 5 aromatic carbocycles. The van der Waals surface area contributed by atoms with Crippen molar-refractivity contribution in [3.63, 3.8) is 0 Å². The number of ether oxygens (including phenoxy) is 9. The Morgan fingerprint density at radius 2 is 1.32 bits per heavy atom. The molecule has 472 valence electrons. The zero-order valence-corrected chi connectivity index (χ0v) is 51.2. The standard InChI is InChI=1S/C66H71N7O17/c1-9-10-19-55-70-57-58(73(55)33-42-22-20-41(21-23-42)32-72(6)7)49-26-25-44(63(79)82-8)31-51(49)69-62(57)71-66(81)84-34-43-24-27-53(89-64-61(88-40(5)77)60(87-39(4)76)59(86-38(3)75)54(90-64)36-83-37(2)74)52(30-43)68-56(78)28-29-67-65(80)85-35-50-47-17-13-11-15-45(47)46-16-12-14-18-48(46)50/h11-18,20-27,30-31,50,54,59-61,64H,9-10,19,28-29,32-36H2,1-8H3,(H,67,80)(H,68,78)(H,69,71,81)/t54-,59-,60+,61+,64+/m1/s1. The molecule has 24 heteroatoms. The Morgan fingerprint density at radius 3 is 1.98 bits per heavy atom. The molecule has 0 radical (unpaired) electrons. The van der Waals surface area contributed by atoms with E-state index in [1.165, 1.54) is 25.3 Å². The van der Waals surface area contributed by atoms with Gasteiger partial charge in [-0.1, -0.05) is 92.2 Å². The van der Waals surface area contributed by atoms with Gasteiger partial charge in [0.2, 0.25) is 18.3 Å². The highest BCUT2D eigenvalue weighted by Gasteiger charge is 2.53. The number of carbonyl (C=O) groups excluding carboxylic acids is 8. The molecule has 1 fully saturated rings. The molecule has 9 rings (SSSR count). The predicted octanol–water partition coefficient (Wildman–Crippen LogP) is 8.90. The van der Waals surface area contributed by atoms with Crippen LogP contribution in [-0.4, -0.2) is 139 Å². The molecule has 3 heterocycles. The van der Waals surface area contributed by atoms with Crippen molar-refractivity contribution in [1.29, 1.82) is 0 Å². The van der Waals surface area contributed by atoms with Crippen LogP contribution < -0.4 is 20.7 Å². The Bertz CT molecular complexity index is 3780. The number of methoxy groups -OCH3 is 1. The summed E-state index contributed by atoms with van der Waals surface area (Å²) in [6.45, 7) is 6.56. The summed E-state index contributed by atoms with van der Waals surface area (Å²) in [7, 11) is 5.29. The molecule has 0 unspecified atom stereocenters. The van der Waals surface area contributed by atoms with Crippen LogP contribution in [0.1, 0.15) is 104 Å². The molecular formula is C66H71N7O17. The second-order valence-corrected chi connectivity index (χ2v) is 21.9. The van der Waals surface area contributed by atoms with Crippen molar-refractivity contribution in [1.82, 2.24) is 24.8 Å². The molecular weight excluding hydrogens is 1160 g/mol. The first-order valence-electron chi connectivity index (χ1n) is 29.3. The summed E-state index contributed by atoms with van der Waals surface area (Å²) in [6, 6.07) is 33.4. The van der Waals surface area contributed by atoms with Crippen LogP contribution in [0.4, 0.5) is 21.1 Å². The summed E-state index contributed by atoms with van der Waals surface area (Å²) in [5, 5.41) is 8.86. The van der Waals surface area contributed by atoms with E-state index in [2.05, 4.69) is 56.6 Å². The quantitative estimate of drug-likeness (QED) is 0.0376. The van der Waals surface area contributed by atoms with Crippen molar-refractivity contribution in [2.45, 2.75) is 117 Å². The van der Waals surface area contributed by atoms with E-state index < -0.39 is 91.9 Å². The number of carbonyl (C=O) groups is 8. The van der Waals surface area contributed by atoms with Crippen molar-refractivity contribution in [2.75, 3.05) is 51.6 Å². The van der Waals surface area contributed by atoms with Gasteiger partial charge in [0.15, 0.2) is 18.0 Å². The van der Waals surface area contributed by atoms with Gasteiger partial charge in [-0.05, 0) is 89.8 Å². The number of rotatable bonds is 24. The van der Waals surface area contributed by atoms with E-state index in [1.54, 1.807) is 18.2 Å². The minimum absolute atomic E-state index is 0.0392. The number of aryl methyl sites for hydroxylation is 1. The van der Waals surface area contributed by atoms with Crippen molar-refractivity contribution in [3.05, 3.63) is 148 Å². The summed E-state index contributed by atoms with van der Waals surface area (Å²) in [5.74, 6) is -4.08. The molecule has 0 saturated carbocycles. The first-order chi connectivity index (χ1) is 43.3. The molecule has 2 aromatic heterocycles. The lowest BCUT2D eigenvalue weighted by Crippen LogP contribution is -2.63. The third kappa shape index (κ3) is 15.8. The van der Waals surface area contributed by atoms with E-state index in [1.807, 2.05) is 62.6 Å². The molecule has 2 aliphatic rings. The lowest BCUT2D eigenvalue weighted by atomic mass is 9.98. The van der Waals surface area contributed by atoms with Gasteiger partial charge in [-0.2, -0.15) is 0 Å². The van der Waals surface area contributed by atoms with Crippen LogP contribution >= 0.6 is 0 Å². The van der Waals surface area contributed by atoms with Crippen molar-refractivity contribution in [2.24, 2.45) is 0 Å². The molecule has 1 saturated heterocycles. The number of anilines is 2. The van der Waals surface area contributed by atoms with Gasteiger partial charge in [0.25, 0.3) is 0 Å². The summed E-state index contributed by atoms with van der Waals surface area (Å²) in [6.07, 6.45) is -7.48. The molecule has 0 spiro atoms. The summed E-state index contributed by atoms with van der Waals surface area (Å²) >= 11 is 0. The van der Waals surface area contributed by atoms with Crippen LogP contribution in [0, 0.1) is 0 Å². The van der Waals surface area contributed by atoms with E-state index in [0.717, 1.165) is 86.3 Å². The normalized spacial score (nSPS) is 16.7. The Kier molecular flexibility index (Phi) is 21.1. The van der Waals surface area contributed by atoms with Crippen molar-refractivity contribution < 1.29 is 81.0 Å². The molecule has 5 atom stereocenters. The zero-order chi connectivity index (χ0) is 64.2. The number of esters is 5. The second kappa shape index (κ2) is 29.4. The van der Waals surface area contributed by atoms with Gasteiger partial charge >= 0.3 is 42.0 Å². The average Bonchev–Trinajstić information content (AvgIpc) is 1.53. The van der Waals surface area contributed by atoms with E-state index in [0.29, 0.717) is 40.5 Å². The van der Waals surface area contributed by atoms with E-state index in [4.69, 9.17) is 52.6 Å². The van der Waals surface area contributed by atoms with Gasteiger partial charge in [0.1, 0.15) is 43.0 Å². The maximum absolute atomic E-state index is 14.1. The number of aromatic nitrogens is 3. The molecule has 24 nitrogen and oxygen atoms in total. The average molecular weight is 1230 g/mol. The number of amides is 3. The fourth-order valence-electron chi connectivity index (χ4n) is 11.0. The maximum atomic E-state index is 14.1. The third-order valence-electron chi connectivity index (χ3n) is 14.9. The van der Waals surface area contributed by atoms with Gasteiger partial charge in [0.05, 0.1) is 29.4 Å². The van der Waals surface area contributed by atoms with Crippen LogP contribution in [0.25, 0.3) is 33.1 Å². The number of benzene rings is 5. The lowest BCUT2D eigenvalue weighted by Gasteiger charge is -2.44. The molecule has 3 amide bonds. The largest absolute Gasteiger partial charge is 0.465 e. The maximum Gasteiger partial charge on any atom is 0.413 e. The van der Waals surface area contributed by atoms with Crippen LogP contribution in [-0.2, 0) is 88.0 Å². The van der Waals surface area contributed by atoms with Crippen molar-refractivity contribution in [3.8, 4) is 16.9 Å². The molecule has 90 heavy (non-hydrogen) atoms.